The number of carbonyl (C=O) groups excluding carboxylic acids is 2. The summed E-state index contributed by atoms with van der Waals surface area (Å²) in [6.45, 7) is 6.22. The van der Waals surface area contributed by atoms with Crippen LogP contribution >= 0.6 is 0 Å². The zero-order valence-electron chi connectivity index (χ0n) is 20.0. The quantitative estimate of drug-likeness (QED) is 0.306. The van der Waals surface area contributed by atoms with E-state index in [1.807, 2.05) is 31.2 Å². The van der Waals surface area contributed by atoms with E-state index in [9.17, 15) is 18.0 Å². The summed E-state index contributed by atoms with van der Waals surface area (Å²) >= 11 is 0. The van der Waals surface area contributed by atoms with Crippen LogP contribution in [-0.4, -0.2) is 32.3 Å². The molecule has 5 rings (SSSR count). The predicted octanol–water partition coefficient (Wildman–Crippen LogP) is 4.74. The second-order valence-electron chi connectivity index (χ2n) is 10.4. The largest absolute Gasteiger partial charge is 0.454 e. The van der Waals surface area contributed by atoms with E-state index in [1.54, 1.807) is 48.5 Å². The third-order valence-electron chi connectivity index (χ3n) is 8.55. The maximum Gasteiger partial charge on any atom is 0.380 e. The van der Waals surface area contributed by atoms with Crippen molar-refractivity contribution in [2.75, 3.05) is 0 Å². The maximum absolute atomic E-state index is 13.7. The fraction of sp³-hybridized carbons (Fsp3) is 0.357. The lowest BCUT2D eigenvalue weighted by Crippen LogP contribution is -2.51. The van der Waals surface area contributed by atoms with Gasteiger partial charge >= 0.3 is 5.97 Å². The molecule has 2 aliphatic rings. The van der Waals surface area contributed by atoms with Gasteiger partial charge < -0.3 is 4.74 Å². The number of rotatable bonds is 6. The molecule has 3 aromatic carbocycles. The van der Waals surface area contributed by atoms with Crippen LogP contribution in [0.3, 0.4) is 0 Å². The summed E-state index contributed by atoms with van der Waals surface area (Å²) in [4.78, 5) is 25.9. The lowest BCUT2D eigenvalue weighted by molar-refractivity contribution is -0.152. The fourth-order valence-electron chi connectivity index (χ4n) is 6.20. The third-order valence-corrected chi connectivity index (χ3v) is 10.1. The highest BCUT2D eigenvalue weighted by Crippen LogP contribution is 2.66. The number of ketones is 1. The Balaban J connectivity index is 1.49. The maximum atomic E-state index is 13.7. The van der Waals surface area contributed by atoms with Gasteiger partial charge in [-0.15, -0.1) is 0 Å². The lowest BCUT2D eigenvalue weighted by Gasteiger charge is -2.39. The first-order valence-electron chi connectivity index (χ1n) is 11.9. The number of sulfonamides is 1. The normalized spacial score (nSPS) is 27.1. The number of fused-ring (bicyclic) bond motifs is 3. The summed E-state index contributed by atoms with van der Waals surface area (Å²) in [7, 11) is -3.94. The molecule has 0 heterocycles. The van der Waals surface area contributed by atoms with Crippen molar-refractivity contribution in [2.45, 2.75) is 50.7 Å². The summed E-state index contributed by atoms with van der Waals surface area (Å²) < 4.78 is 36.1. The van der Waals surface area contributed by atoms with Crippen molar-refractivity contribution in [3.63, 3.8) is 0 Å². The van der Waals surface area contributed by atoms with Crippen molar-refractivity contribution >= 4 is 32.5 Å². The topological polar surface area (TPSA) is 89.5 Å². The number of hydrogen-bond donors (Lipinski definition) is 1. The first-order chi connectivity index (χ1) is 16.6. The van der Waals surface area contributed by atoms with Crippen molar-refractivity contribution in [3.8, 4) is 0 Å². The van der Waals surface area contributed by atoms with Crippen molar-refractivity contribution in [3.05, 3.63) is 78.4 Å². The smallest absolute Gasteiger partial charge is 0.380 e. The minimum atomic E-state index is -3.94. The number of Topliss-reactive ketones (excluding diaryl/α,β-unsaturated/α-hetero) is 1. The van der Waals surface area contributed by atoms with Crippen LogP contribution in [0.1, 0.15) is 44.0 Å². The highest BCUT2D eigenvalue weighted by Gasteiger charge is 2.68. The molecule has 0 aromatic heterocycles. The van der Waals surface area contributed by atoms with Gasteiger partial charge in [-0.05, 0) is 35.6 Å². The van der Waals surface area contributed by atoms with Gasteiger partial charge in [0.15, 0.2) is 0 Å². The van der Waals surface area contributed by atoms with Crippen molar-refractivity contribution in [1.82, 2.24) is 4.72 Å². The lowest BCUT2D eigenvalue weighted by atomic mass is 9.70. The summed E-state index contributed by atoms with van der Waals surface area (Å²) in [5.74, 6) is -1.73. The van der Waals surface area contributed by atoms with Gasteiger partial charge in [0.2, 0.25) is 10.0 Å². The van der Waals surface area contributed by atoms with Gasteiger partial charge in [0.25, 0.3) is 5.78 Å². The zero-order chi connectivity index (χ0) is 25.0. The van der Waals surface area contributed by atoms with Gasteiger partial charge in [0.1, 0.15) is 6.10 Å². The second kappa shape index (κ2) is 8.28. The van der Waals surface area contributed by atoms with Gasteiger partial charge in [0, 0.05) is 16.4 Å². The molecule has 35 heavy (non-hydrogen) atoms. The first-order valence-corrected chi connectivity index (χ1v) is 13.3. The van der Waals surface area contributed by atoms with Gasteiger partial charge in [-0.3, -0.25) is 4.79 Å². The molecular formula is C28H29NO5S. The molecule has 0 saturated heterocycles. The first kappa shape index (κ1) is 23.7. The van der Waals surface area contributed by atoms with E-state index in [2.05, 4.69) is 18.6 Å². The van der Waals surface area contributed by atoms with Crippen LogP contribution in [0.5, 0.6) is 0 Å². The molecule has 0 amide bonds. The minimum absolute atomic E-state index is 0.0399. The van der Waals surface area contributed by atoms with E-state index in [0.717, 1.165) is 18.2 Å². The predicted molar refractivity (Wildman–Crippen MR) is 133 cm³/mol. The molecule has 2 aliphatic carbocycles. The Bertz CT molecular complexity index is 1410. The van der Waals surface area contributed by atoms with Crippen molar-refractivity contribution < 1.29 is 22.7 Å². The monoisotopic (exact) mass is 491 g/mol. The highest BCUT2D eigenvalue weighted by molar-refractivity contribution is 7.89. The molecule has 0 aliphatic heterocycles. The summed E-state index contributed by atoms with van der Waals surface area (Å²) in [6, 6.07) is 20.1. The fourth-order valence-corrected chi connectivity index (χ4v) is 7.71. The van der Waals surface area contributed by atoms with Crippen LogP contribution in [0.2, 0.25) is 0 Å². The summed E-state index contributed by atoms with van der Waals surface area (Å²) in [5.41, 5.74) is -0.520. The highest BCUT2D eigenvalue weighted by atomic mass is 32.2. The SMILES string of the molecule is CC1(C)[C@@H]2CC[C@@]1(C)[C@H](OC(=O)C(=O)c1ccccc1)[C@@H]2NS(=O)(=O)c1cccc2ccccc12. The zero-order valence-corrected chi connectivity index (χ0v) is 20.8. The van der Waals surface area contributed by atoms with Crippen molar-refractivity contribution in [1.29, 1.82) is 0 Å². The Morgan fingerprint density at radius 1 is 0.914 bits per heavy atom. The number of nitrogens with one attached hydrogen (secondary N) is 1. The molecule has 2 saturated carbocycles. The molecule has 1 N–H and O–H groups in total. The van der Waals surface area contributed by atoms with Crippen LogP contribution in [0.15, 0.2) is 77.7 Å². The molecule has 0 unspecified atom stereocenters. The molecule has 7 heteroatoms. The molecule has 2 fully saturated rings. The Morgan fingerprint density at radius 3 is 2.31 bits per heavy atom. The Labute approximate surface area is 205 Å². The Morgan fingerprint density at radius 2 is 1.57 bits per heavy atom. The Kier molecular flexibility index (Phi) is 5.61. The summed E-state index contributed by atoms with van der Waals surface area (Å²) in [5, 5.41) is 1.45. The second-order valence-corrected chi connectivity index (χ2v) is 12.1. The summed E-state index contributed by atoms with van der Waals surface area (Å²) in [6.07, 6.45) is 0.836. The van der Waals surface area contributed by atoms with E-state index in [-0.39, 0.29) is 21.8 Å². The van der Waals surface area contributed by atoms with E-state index in [1.165, 1.54) is 0 Å². The molecule has 3 aromatic rings. The third kappa shape index (κ3) is 3.69. The van der Waals surface area contributed by atoms with E-state index < -0.39 is 39.3 Å². The molecule has 182 valence electrons. The molecular weight excluding hydrogens is 462 g/mol. The Hall–Kier alpha value is -3.03. The van der Waals surface area contributed by atoms with Gasteiger partial charge in [-0.2, -0.15) is 0 Å². The van der Waals surface area contributed by atoms with Gasteiger partial charge in [-0.25, -0.2) is 17.9 Å². The number of carbonyl (C=O) groups is 2. The van der Waals surface area contributed by atoms with Crippen LogP contribution < -0.4 is 4.72 Å². The van der Waals surface area contributed by atoms with E-state index in [4.69, 9.17) is 4.74 Å². The number of ether oxygens (including phenoxy) is 1. The number of esters is 1. The molecule has 4 atom stereocenters. The number of hydrogen-bond acceptors (Lipinski definition) is 5. The van der Waals surface area contributed by atoms with Crippen LogP contribution in [0.4, 0.5) is 0 Å². The van der Waals surface area contributed by atoms with Crippen LogP contribution in [-0.2, 0) is 19.6 Å². The number of benzene rings is 3. The van der Waals surface area contributed by atoms with E-state index >= 15 is 0 Å². The van der Waals surface area contributed by atoms with Crippen molar-refractivity contribution in [2.24, 2.45) is 16.7 Å². The van der Waals surface area contributed by atoms with Crippen LogP contribution in [0, 0.1) is 16.7 Å². The average molecular weight is 492 g/mol. The minimum Gasteiger partial charge on any atom is -0.454 e. The van der Waals surface area contributed by atoms with Gasteiger partial charge in [0.05, 0.1) is 10.9 Å². The molecule has 6 nitrogen and oxygen atoms in total. The molecule has 2 bridgehead atoms. The average Bonchev–Trinajstić information content (AvgIpc) is 3.16. The standard InChI is InChI=1S/C28H29NO5S/c1-27(2)21-16-17-28(27,3)25(34-26(31)24(30)19-11-5-4-6-12-19)23(21)29-35(32,33)22-15-9-13-18-10-7-8-14-20(18)22/h4-15,21,23,25,29H,16-17H2,1-3H3/t21-,23-,25-,28+/m1/s1. The molecule has 0 spiro atoms. The van der Waals surface area contributed by atoms with Crippen LogP contribution in [0.25, 0.3) is 10.8 Å². The van der Waals surface area contributed by atoms with E-state index in [0.29, 0.717) is 5.39 Å². The van der Waals surface area contributed by atoms with Gasteiger partial charge in [-0.1, -0.05) is 87.5 Å². The molecule has 0 radical (unpaired) electrons.